The Bertz CT molecular complexity index is 336. The van der Waals surface area contributed by atoms with Gasteiger partial charge in [-0.25, -0.2) is 0 Å². The van der Waals surface area contributed by atoms with Gasteiger partial charge in [-0.05, 0) is 31.2 Å². The van der Waals surface area contributed by atoms with Gasteiger partial charge in [0.1, 0.15) is 0 Å². The van der Waals surface area contributed by atoms with Gasteiger partial charge in [-0.15, -0.1) is 12.4 Å². The summed E-state index contributed by atoms with van der Waals surface area (Å²) >= 11 is 0. The zero-order chi connectivity index (χ0) is 12.7. The molecule has 0 aliphatic heterocycles. The number of rotatable bonds is 6. The monoisotopic (exact) mass is 270 g/mol. The number of hydrogen-bond acceptors (Lipinski definition) is 2. The minimum absolute atomic E-state index is 0. The Labute approximate surface area is 116 Å². The van der Waals surface area contributed by atoms with Gasteiger partial charge in [0.15, 0.2) is 0 Å². The summed E-state index contributed by atoms with van der Waals surface area (Å²) in [6.45, 7) is 6.59. The van der Waals surface area contributed by atoms with Gasteiger partial charge in [0, 0.05) is 0 Å². The number of halogens is 1. The SMILES string of the molecule is CCOC(=O)C(Cc1ccccc1)CC(C)C.Cl. The Balaban J connectivity index is 0.00000289. The van der Waals surface area contributed by atoms with Gasteiger partial charge in [0.25, 0.3) is 0 Å². The number of esters is 1. The first-order chi connectivity index (χ1) is 8.13. The van der Waals surface area contributed by atoms with Crippen LogP contribution in [-0.4, -0.2) is 12.6 Å². The average molecular weight is 271 g/mol. The third-order valence-corrected chi connectivity index (χ3v) is 2.70. The van der Waals surface area contributed by atoms with Crippen molar-refractivity contribution < 1.29 is 9.53 Å². The molecule has 0 aliphatic rings. The maximum absolute atomic E-state index is 11.9. The van der Waals surface area contributed by atoms with E-state index in [4.69, 9.17) is 4.74 Å². The first-order valence-corrected chi connectivity index (χ1v) is 6.34. The van der Waals surface area contributed by atoms with Crippen LogP contribution >= 0.6 is 12.4 Å². The summed E-state index contributed by atoms with van der Waals surface area (Å²) in [7, 11) is 0. The third-order valence-electron chi connectivity index (χ3n) is 2.70. The van der Waals surface area contributed by atoms with E-state index in [1.54, 1.807) is 0 Å². The molecule has 0 aromatic heterocycles. The van der Waals surface area contributed by atoms with Crippen molar-refractivity contribution in [2.24, 2.45) is 11.8 Å². The molecule has 2 nitrogen and oxygen atoms in total. The number of benzene rings is 1. The predicted molar refractivity (Wildman–Crippen MR) is 77.0 cm³/mol. The van der Waals surface area contributed by atoms with Crippen LogP contribution in [0.4, 0.5) is 0 Å². The van der Waals surface area contributed by atoms with Gasteiger partial charge in [0.2, 0.25) is 0 Å². The smallest absolute Gasteiger partial charge is 0.309 e. The largest absolute Gasteiger partial charge is 0.466 e. The Kier molecular flexibility index (Phi) is 8.47. The van der Waals surface area contributed by atoms with Crippen molar-refractivity contribution in [1.82, 2.24) is 0 Å². The first kappa shape index (κ1) is 17.0. The Hall–Kier alpha value is -1.02. The van der Waals surface area contributed by atoms with E-state index in [1.807, 2.05) is 25.1 Å². The fraction of sp³-hybridized carbons (Fsp3) is 0.533. The lowest BCUT2D eigenvalue weighted by Crippen LogP contribution is -2.21. The molecule has 0 amide bonds. The topological polar surface area (TPSA) is 26.3 Å². The van der Waals surface area contributed by atoms with Crippen molar-refractivity contribution in [1.29, 1.82) is 0 Å². The third kappa shape index (κ3) is 6.06. The second kappa shape index (κ2) is 8.98. The highest BCUT2D eigenvalue weighted by molar-refractivity contribution is 5.85. The highest BCUT2D eigenvalue weighted by Crippen LogP contribution is 2.18. The molecule has 1 rings (SSSR count). The predicted octanol–water partition coefficient (Wildman–Crippen LogP) is 3.88. The lowest BCUT2D eigenvalue weighted by Gasteiger charge is -2.17. The van der Waals surface area contributed by atoms with Gasteiger partial charge in [0.05, 0.1) is 12.5 Å². The van der Waals surface area contributed by atoms with Crippen LogP contribution in [0.5, 0.6) is 0 Å². The van der Waals surface area contributed by atoms with Crippen molar-refractivity contribution in [3.63, 3.8) is 0 Å². The molecule has 0 radical (unpaired) electrons. The minimum Gasteiger partial charge on any atom is -0.466 e. The molecule has 0 saturated heterocycles. The molecule has 0 saturated carbocycles. The van der Waals surface area contributed by atoms with Crippen LogP contribution in [0.2, 0.25) is 0 Å². The van der Waals surface area contributed by atoms with E-state index >= 15 is 0 Å². The fourth-order valence-electron chi connectivity index (χ4n) is 1.99. The molecule has 102 valence electrons. The van der Waals surface area contributed by atoms with Crippen LogP contribution in [0.1, 0.15) is 32.8 Å². The van der Waals surface area contributed by atoms with E-state index in [-0.39, 0.29) is 24.3 Å². The standard InChI is InChI=1S/C15H22O2.ClH/c1-4-17-15(16)14(10-12(2)3)11-13-8-6-5-7-9-13;/h5-9,12,14H,4,10-11H2,1-3H3;1H. The fourth-order valence-corrected chi connectivity index (χ4v) is 1.99. The van der Waals surface area contributed by atoms with Crippen molar-refractivity contribution in [2.75, 3.05) is 6.61 Å². The van der Waals surface area contributed by atoms with Crippen molar-refractivity contribution in [3.8, 4) is 0 Å². The van der Waals surface area contributed by atoms with E-state index in [0.717, 1.165) is 12.8 Å². The van der Waals surface area contributed by atoms with Gasteiger partial charge in [-0.1, -0.05) is 44.2 Å². The minimum atomic E-state index is -0.0648. The van der Waals surface area contributed by atoms with Crippen molar-refractivity contribution in [2.45, 2.75) is 33.6 Å². The van der Waals surface area contributed by atoms with Crippen LogP contribution in [0.25, 0.3) is 0 Å². The van der Waals surface area contributed by atoms with Crippen LogP contribution < -0.4 is 0 Å². The Morgan fingerprint density at radius 1 is 1.22 bits per heavy atom. The quantitative estimate of drug-likeness (QED) is 0.734. The molecule has 1 aromatic rings. The summed E-state index contributed by atoms with van der Waals surface area (Å²) in [6.07, 6.45) is 1.66. The van der Waals surface area contributed by atoms with Gasteiger partial charge >= 0.3 is 5.97 Å². The molecule has 0 bridgehead atoms. The first-order valence-electron chi connectivity index (χ1n) is 6.34. The highest BCUT2D eigenvalue weighted by atomic mass is 35.5. The molecule has 3 heteroatoms. The maximum Gasteiger partial charge on any atom is 0.309 e. The molecule has 0 fully saturated rings. The molecular formula is C15H23ClO2. The zero-order valence-corrected chi connectivity index (χ0v) is 12.2. The summed E-state index contributed by atoms with van der Waals surface area (Å²) in [5.74, 6) is 0.426. The normalized spacial score (nSPS) is 11.8. The molecule has 18 heavy (non-hydrogen) atoms. The van der Waals surface area contributed by atoms with Gasteiger partial charge < -0.3 is 4.74 Å². The molecule has 0 heterocycles. The summed E-state index contributed by atoms with van der Waals surface area (Å²) < 4.78 is 5.14. The van der Waals surface area contributed by atoms with E-state index < -0.39 is 0 Å². The van der Waals surface area contributed by atoms with E-state index in [2.05, 4.69) is 26.0 Å². The van der Waals surface area contributed by atoms with Crippen molar-refractivity contribution >= 4 is 18.4 Å². The lowest BCUT2D eigenvalue weighted by molar-refractivity contribution is -0.148. The average Bonchev–Trinajstić information content (AvgIpc) is 2.29. The number of ether oxygens (including phenoxy) is 1. The number of carbonyl (C=O) groups excluding carboxylic acids is 1. The molecule has 0 N–H and O–H groups in total. The molecule has 1 atom stereocenters. The Morgan fingerprint density at radius 3 is 2.33 bits per heavy atom. The lowest BCUT2D eigenvalue weighted by atomic mass is 9.91. The molecule has 0 spiro atoms. The molecular weight excluding hydrogens is 248 g/mol. The number of carbonyl (C=O) groups is 1. The van der Waals surface area contributed by atoms with Crippen LogP contribution in [0.3, 0.4) is 0 Å². The maximum atomic E-state index is 11.9. The highest BCUT2D eigenvalue weighted by Gasteiger charge is 2.21. The zero-order valence-electron chi connectivity index (χ0n) is 11.4. The van der Waals surface area contributed by atoms with Gasteiger partial charge in [-0.2, -0.15) is 0 Å². The summed E-state index contributed by atoms with van der Waals surface area (Å²) in [6, 6.07) is 10.1. The summed E-state index contributed by atoms with van der Waals surface area (Å²) in [5.41, 5.74) is 1.20. The summed E-state index contributed by atoms with van der Waals surface area (Å²) in [4.78, 5) is 11.9. The van der Waals surface area contributed by atoms with Crippen LogP contribution in [0, 0.1) is 11.8 Å². The summed E-state index contributed by atoms with van der Waals surface area (Å²) in [5, 5.41) is 0. The van der Waals surface area contributed by atoms with E-state index in [9.17, 15) is 4.79 Å². The second-order valence-electron chi connectivity index (χ2n) is 4.77. The molecule has 0 aliphatic carbocycles. The van der Waals surface area contributed by atoms with Crippen molar-refractivity contribution in [3.05, 3.63) is 35.9 Å². The number of hydrogen-bond donors (Lipinski definition) is 0. The van der Waals surface area contributed by atoms with Crippen LogP contribution in [-0.2, 0) is 16.0 Å². The second-order valence-corrected chi connectivity index (χ2v) is 4.77. The Morgan fingerprint density at radius 2 is 1.83 bits per heavy atom. The van der Waals surface area contributed by atoms with E-state index in [0.29, 0.717) is 12.5 Å². The van der Waals surface area contributed by atoms with E-state index in [1.165, 1.54) is 5.56 Å². The molecule has 1 aromatic carbocycles. The van der Waals surface area contributed by atoms with Gasteiger partial charge in [-0.3, -0.25) is 4.79 Å². The molecule has 1 unspecified atom stereocenters. The van der Waals surface area contributed by atoms with Crippen LogP contribution in [0.15, 0.2) is 30.3 Å².